The molecule has 2 amide bonds. The van der Waals surface area contributed by atoms with E-state index in [1.54, 1.807) is 36.2 Å². The minimum Gasteiger partial charge on any atom is -0.351 e. The highest BCUT2D eigenvalue weighted by atomic mass is 16.2. The largest absolute Gasteiger partial charge is 0.351 e. The molecule has 0 saturated carbocycles. The van der Waals surface area contributed by atoms with Gasteiger partial charge in [-0.2, -0.15) is 0 Å². The highest BCUT2D eigenvalue weighted by Gasteiger charge is 2.15. The fourth-order valence-electron chi connectivity index (χ4n) is 2.47. The summed E-state index contributed by atoms with van der Waals surface area (Å²) in [5, 5.41) is 6.19. The van der Waals surface area contributed by atoms with Gasteiger partial charge in [0.05, 0.1) is 0 Å². The quantitative estimate of drug-likeness (QED) is 0.785. The van der Waals surface area contributed by atoms with E-state index in [0.29, 0.717) is 24.2 Å². The summed E-state index contributed by atoms with van der Waals surface area (Å²) in [6.07, 6.45) is 0. The maximum Gasteiger partial charge on any atom is 0.258 e. The van der Waals surface area contributed by atoms with Crippen molar-refractivity contribution in [1.29, 1.82) is 0 Å². The van der Waals surface area contributed by atoms with E-state index in [4.69, 9.17) is 0 Å². The molecule has 0 saturated heterocycles. The number of para-hydroxylation sites is 1. The summed E-state index contributed by atoms with van der Waals surface area (Å²) in [6, 6.07) is 16.2. The van der Waals surface area contributed by atoms with E-state index in [-0.39, 0.29) is 17.4 Å². The van der Waals surface area contributed by atoms with Gasteiger partial charge in [-0.3, -0.25) is 9.59 Å². The summed E-state index contributed by atoms with van der Waals surface area (Å²) in [5.41, 5.74) is 1.78. The van der Waals surface area contributed by atoms with Crippen LogP contribution >= 0.6 is 0 Å². The predicted molar refractivity (Wildman–Crippen MR) is 106 cm³/mol. The molecule has 0 aliphatic rings. The van der Waals surface area contributed by atoms with Crippen LogP contribution in [0.15, 0.2) is 54.6 Å². The van der Waals surface area contributed by atoms with Gasteiger partial charge in [0.1, 0.15) is 0 Å². The standard InChI is InChI=1S/C21H27N3O2/c1-21(2,3)23-14-13-22-19(25)16-9-8-10-17(15-16)20(26)24(4)18-11-6-5-7-12-18/h5-12,15,23H,13-14H2,1-4H3,(H,22,25). The third kappa shape index (κ3) is 5.70. The van der Waals surface area contributed by atoms with Gasteiger partial charge in [-0.15, -0.1) is 0 Å². The summed E-state index contributed by atoms with van der Waals surface area (Å²) in [6.45, 7) is 7.44. The molecule has 0 spiro atoms. The zero-order valence-corrected chi connectivity index (χ0v) is 15.9. The van der Waals surface area contributed by atoms with Crippen LogP contribution in [0, 0.1) is 0 Å². The lowest BCUT2D eigenvalue weighted by molar-refractivity contribution is 0.0953. The topological polar surface area (TPSA) is 61.4 Å². The van der Waals surface area contributed by atoms with E-state index < -0.39 is 0 Å². The number of rotatable bonds is 6. The van der Waals surface area contributed by atoms with Crippen LogP contribution in [-0.2, 0) is 0 Å². The number of benzene rings is 2. The van der Waals surface area contributed by atoms with Gasteiger partial charge < -0.3 is 15.5 Å². The van der Waals surface area contributed by atoms with Gasteiger partial charge in [0.2, 0.25) is 0 Å². The second-order valence-electron chi connectivity index (χ2n) is 7.21. The molecular formula is C21H27N3O2. The second-order valence-corrected chi connectivity index (χ2v) is 7.21. The molecule has 5 heteroatoms. The monoisotopic (exact) mass is 353 g/mol. The van der Waals surface area contributed by atoms with Gasteiger partial charge in [-0.1, -0.05) is 24.3 Å². The Morgan fingerprint density at radius 1 is 0.923 bits per heavy atom. The van der Waals surface area contributed by atoms with Gasteiger partial charge in [0, 0.05) is 42.5 Å². The van der Waals surface area contributed by atoms with Crippen molar-refractivity contribution < 1.29 is 9.59 Å². The number of carbonyl (C=O) groups excluding carboxylic acids is 2. The lowest BCUT2D eigenvalue weighted by atomic mass is 10.1. The number of nitrogens with one attached hydrogen (secondary N) is 2. The van der Waals surface area contributed by atoms with Gasteiger partial charge in [-0.05, 0) is 51.1 Å². The molecule has 0 heterocycles. The smallest absolute Gasteiger partial charge is 0.258 e. The average molecular weight is 353 g/mol. The maximum atomic E-state index is 12.7. The Hall–Kier alpha value is -2.66. The van der Waals surface area contributed by atoms with E-state index in [1.807, 2.05) is 30.3 Å². The third-order valence-corrected chi connectivity index (χ3v) is 3.89. The molecule has 26 heavy (non-hydrogen) atoms. The van der Waals surface area contributed by atoms with Crippen molar-refractivity contribution in [3.63, 3.8) is 0 Å². The molecule has 0 radical (unpaired) electrons. The zero-order chi connectivity index (χ0) is 19.2. The summed E-state index contributed by atoms with van der Waals surface area (Å²) in [7, 11) is 1.72. The van der Waals surface area contributed by atoms with E-state index in [1.165, 1.54) is 0 Å². The molecule has 2 aromatic carbocycles. The molecule has 0 bridgehead atoms. The number of carbonyl (C=O) groups is 2. The fourth-order valence-corrected chi connectivity index (χ4v) is 2.47. The first kappa shape index (κ1) is 19.7. The Morgan fingerprint density at radius 2 is 1.58 bits per heavy atom. The van der Waals surface area contributed by atoms with Crippen LogP contribution in [-0.4, -0.2) is 37.5 Å². The Morgan fingerprint density at radius 3 is 2.23 bits per heavy atom. The van der Waals surface area contributed by atoms with Crippen LogP contribution in [0.3, 0.4) is 0 Å². The Kier molecular flexibility index (Phi) is 6.52. The maximum absolute atomic E-state index is 12.7. The number of nitrogens with zero attached hydrogens (tertiary/aromatic N) is 1. The van der Waals surface area contributed by atoms with Crippen LogP contribution in [0.1, 0.15) is 41.5 Å². The molecular weight excluding hydrogens is 326 g/mol. The van der Waals surface area contributed by atoms with E-state index >= 15 is 0 Å². The van der Waals surface area contributed by atoms with E-state index in [0.717, 1.165) is 5.69 Å². The normalized spacial score (nSPS) is 11.1. The molecule has 2 rings (SSSR count). The number of amides is 2. The Balaban J connectivity index is 2.00. The van der Waals surface area contributed by atoms with Gasteiger partial charge >= 0.3 is 0 Å². The number of anilines is 1. The lowest BCUT2D eigenvalue weighted by Gasteiger charge is -2.20. The molecule has 0 aromatic heterocycles. The summed E-state index contributed by atoms with van der Waals surface area (Å²) >= 11 is 0. The summed E-state index contributed by atoms with van der Waals surface area (Å²) in [5.74, 6) is -0.335. The van der Waals surface area contributed by atoms with Crippen molar-refractivity contribution >= 4 is 17.5 Å². The molecule has 5 nitrogen and oxygen atoms in total. The molecule has 0 fully saturated rings. The first-order valence-corrected chi connectivity index (χ1v) is 8.74. The minimum atomic E-state index is -0.183. The molecule has 0 atom stereocenters. The summed E-state index contributed by atoms with van der Waals surface area (Å²) < 4.78 is 0. The molecule has 2 aromatic rings. The van der Waals surface area contributed by atoms with Crippen molar-refractivity contribution in [2.75, 3.05) is 25.0 Å². The van der Waals surface area contributed by atoms with Crippen LogP contribution in [0.4, 0.5) is 5.69 Å². The second kappa shape index (κ2) is 8.63. The number of hydrogen-bond acceptors (Lipinski definition) is 3. The van der Waals surface area contributed by atoms with Crippen LogP contribution in [0.5, 0.6) is 0 Å². The average Bonchev–Trinajstić information content (AvgIpc) is 2.64. The van der Waals surface area contributed by atoms with Crippen molar-refractivity contribution in [3.8, 4) is 0 Å². The zero-order valence-electron chi connectivity index (χ0n) is 15.9. The van der Waals surface area contributed by atoms with Gasteiger partial charge in [0.15, 0.2) is 0 Å². The predicted octanol–water partition coefficient (Wildman–Crippen LogP) is 3.08. The van der Waals surface area contributed by atoms with E-state index in [9.17, 15) is 9.59 Å². The first-order valence-electron chi connectivity index (χ1n) is 8.74. The Bertz CT molecular complexity index is 751. The molecule has 0 aliphatic carbocycles. The van der Waals surface area contributed by atoms with Crippen molar-refractivity contribution in [2.45, 2.75) is 26.3 Å². The van der Waals surface area contributed by atoms with Gasteiger partial charge in [0.25, 0.3) is 11.8 Å². The molecule has 0 aliphatic heterocycles. The van der Waals surface area contributed by atoms with E-state index in [2.05, 4.69) is 31.4 Å². The van der Waals surface area contributed by atoms with Crippen LogP contribution in [0.2, 0.25) is 0 Å². The Labute approximate surface area is 155 Å². The molecule has 138 valence electrons. The van der Waals surface area contributed by atoms with Crippen LogP contribution in [0.25, 0.3) is 0 Å². The lowest BCUT2D eigenvalue weighted by Crippen LogP contribution is -2.41. The SMILES string of the molecule is CN(C(=O)c1cccc(C(=O)NCCNC(C)(C)C)c1)c1ccccc1. The highest BCUT2D eigenvalue weighted by molar-refractivity contribution is 6.07. The highest BCUT2D eigenvalue weighted by Crippen LogP contribution is 2.15. The fraction of sp³-hybridized carbons (Fsp3) is 0.333. The van der Waals surface area contributed by atoms with Crippen LogP contribution < -0.4 is 15.5 Å². The summed E-state index contributed by atoms with van der Waals surface area (Å²) in [4.78, 5) is 26.6. The van der Waals surface area contributed by atoms with Crippen molar-refractivity contribution in [2.24, 2.45) is 0 Å². The van der Waals surface area contributed by atoms with Crippen molar-refractivity contribution in [3.05, 3.63) is 65.7 Å². The number of hydrogen-bond donors (Lipinski definition) is 2. The van der Waals surface area contributed by atoms with Gasteiger partial charge in [-0.25, -0.2) is 0 Å². The van der Waals surface area contributed by atoms with Crippen molar-refractivity contribution in [1.82, 2.24) is 10.6 Å². The third-order valence-electron chi connectivity index (χ3n) is 3.89. The molecule has 0 unspecified atom stereocenters. The molecule has 2 N–H and O–H groups in total. The first-order chi connectivity index (χ1) is 12.3. The minimum absolute atomic E-state index is 0.0130.